The lowest BCUT2D eigenvalue weighted by molar-refractivity contribution is -0.181. The van der Waals surface area contributed by atoms with Crippen LogP contribution in [0.1, 0.15) is 6.92 Å². The quantitative estimate of drug-likeness (QED) is 0.361. The number of alkyl halides is 3. The Morgan fingerprint density at radius 3 is 2.41 bits per heavy atom. The molecule has 0 aromatic heterocycles. The molecule has 1 aliphatic rings. The molecule has 1 unspecified atom stereocenters. The number of ether oxygens (including phenoxy) is 1. The molecule has 1 aliphatic heterocycles. The van der Waals surface area contributed by atoms with Crippen molar-refractivity contribution < 1.29 is 26.7 Å². The fourth-order valence-corrected chi connectivity index (χ4v) is 2.76. The minimum Gasteiger partial charge on any atom is -0.492 e. The molecule has 2 rings (SSSR count). The molecule has 1 atom stereocenters. The van der Waals surface area contributed by atoms with Gasteiger partial charge in [-0.3, -0.25) is 9.89 Å². The van der Waals surface area contributed by atoms with Crippen LogP contribution in [0.2, 0.25) is 0 Å². The molecule has 5 nitrogen and oxygen atoms in total. The number of halogens is 5. The predicted molar refractivity (Wildman–Crippen MR) is 91.9 cm³/mol. The maximum atomic E-state index is 13.1. The second-order valence-corrected chi connectivity index (χ2v) is 6.14. The van der Waals surface area contributed by atoms with Crippen molar-refractivity contribution in [3.63, 3.8) is 0 Å². The molecule has 1 heterocycles. The molecule has 10 heteroatoms. The first kappa shape index (κ1) is 21.2. The minimum atomic E-state index is -4.24. The lowest BCUT2D eigenvalue weighted by atomic mass is 10.2. The van der Waals surface area contributed by atoms with Crippen LogP contribution in [0.3, 0.4) is 0 Å². The monoisotopic (exact) mass is 394 g/mol. The van der Waals surface area contributed by atoms with Crippen LogP contribution < -0.4 is 10.1 Å². The zero-order chi connectivity index (χ0) is 20.0. The Morgan fingerprint density at radius 1 is 1.19 bits per heavy atom. The molecule has 0 aliphatic carbocycles. The molecule has 27 heavy (non-hydrogen) atoms. The number of hydrogen-bond acceptors (Lipinski definition) is 3. The Hall–Kier alpha value is -2.10. The van der Waals surface area contributed by atoms with Crippen LogP contribution in [0.15, 0.2) is 23.2 Å². The van der Waals surface area contributed by atoms with E-state index < -0.39 is 23.9 Å². The fraction of sp³-hybridized carbons (Fsp3) is 0.588. The number of guanidine groups is 1. The van der Waals surface area contributed by atoms with Crippen LogP contribution in [0.4, 0.5) is 22.0 Å². The molecule has 0 spiro atoms. The summed E-state index contributed by atoms with van der Waals surface area (Å²) in [7, 11) is 1.59. The van der Waals surface area contributed by atoms with E-state index in [2.05, 4.69) is 10.3 Å². The fourth-order valence-electron chi connectivity index (χ4n) is 2.76. The van der Waals surface area contributed by atoms with Crippen LogP contribution in [-0.2, 0) is 0 Å². The Kier molecular flexibility index (Phi) is 7.23. The highest BCUT2D eigenvalue weighted by molar-refractivity contribution is 5.80. The van der Waals surface area contributed by atoms with Gasteiger partial charge in [-0.05, 0) is 19.1 Å². The van der Waals surface area contributed by atoms with Crippen LogP contribution in [0.25, 0.3) is 0 Å². The van der Waals surface area contributed by atoms with Crippen molar-refractivity contribution in [2.75, 3.05) is 46.4 Å². The van der Waals surface area contributed by atoms with E-state index >= 15 is 0 Å². The number of benzene rings is 1. The molecule has 1 aromatic rings. The van der Waals surface area contributed by atoms with Gasteiger partial charge < -0.3 is 15.0 Å². The summed E-state index contributed by atoms with van der Waals surface area (Å²) >= 11 is 0. The molecule has 0 bridgehead atoms. The van der Waals surface area contributed by atoms with Gasteiger partial charge in [0.25, 0.3) is 0 Å². The van der Waals surface area contributed by atoms with E-state index in [1.165, 1.54) is 17.9 Å². The van der Waals surface area contributed by atoms with Crippen LogP contribution >= 0.6 is 0 Å². The Morgan fingerprint density at radius 2 is 1.85 bits per heavy atom. The summed E-state index contributed by atoms with van der Waals surface area (Å²) in [6, 6.07) is 1.80. The largest absolute Gasteiger partial charge is 0.492 e. The smallest absolute Gasteiger partial charge is 0.403 e. The summed E-state index contributed by atoms with van der Waals surface area (Å²) in [5.41, 5.74) is 0. The lowest BCUT2D eigenvalue weighted by Crippen LogP contribution is -2.57. The van der Waals surface area contributed by atoms with Gasteiger partial charge in [0.1, 0.15) is 18.4 Å². The molecule has 0 radical (unpaired) electrons. The third-order valence-corrected chi connectivity index (χ3v) is 4.39. The van der Waals surface area contributed by atoms with Gasteiger partial charge in [-0.25, -0.2) is 8.78 Å². The molecule has 1 saturated heterocycles. The number of nitrogens with one attached hydrogen (secondary N) is 1. The second-order valence-electron chi connectivity index (χ2n) is 6.14. The summed E-state index contributed by atoms with van der Waals surface area (Å²) in [6.07, 6.45) is -4.24. The van der Waals surface area contributed by atoms with Gasteiger partial charge >= 0.3 is 6.18 Å². The average molecular weight is 394 g/mol. The van der Waals surface area contributed by atoms with Crippen molar-refractivity contribution in [3.8, 4) is 5.75 Å². The number of hydrogen-bond donors (Lipinski definition) is 1. The topological polar surface area (TPSA) is 40.1 Å². The molecule has 1 N–H and O–H groups in total. The molecule has 1 fully saturated rings. The van der Waals surface area contributed by atoms with Gasteiger partial charge in [-0.2, -0.15) is 13.2 Å². The zero-order valence-corrected chi connectivity index (χ0v) is 15.2. The third-order valence-electron chi connectivity index (χ3n) is 4.39. The minimum absolute atomic E-state index is 0.190. The zero-order valence-electron chi connectivity index (χ0n) is 15.2. The summed E-state index contributed by atoms with van der Waals surface area (Å²) in [4.78, 5) is 7.40. The van der Waals surface area contributed by atoms with Crippen molar-refractivity contribution in [3.05, 3.63) is 29.8 Å². The number of rotatable bonds is 5. The van der Waals surface area contributed by atoms with E-state index in [0.717, 1.165) is 12.1 Å². The van der Waals surface area contributed by atoms with E-state index in [-0.39, 0.29) is 25.4 Å². The van der Waals surface area contributed by atoms with Crippen molar-refractivity contribution in [1.29, 1.82) is 0 Å². The van der Waals surface area contributed by atoms with Crippen molar-refractivity contribution in [1.82, 2.24) is 15.1 Å². The van der Waals surface area contributed by atoms with E-state index in [4.69, 9.17) is 4.74 Å². The van der Waals surface area contributed by atoms with Crippen LogP contribution in [-0.4, -0.2) is 74.4 Å². The number of aliphatic imine (C=N–C) groups is 1. The van der Waals surface area contributed by atoms with Crippen molar-refractivity contribution in [2.24, 2.45) is 4.99 Å². The molecule has 1 aromatic carbocycles. The molecule has 0 amide bonds. The average Bonchev–Trinajstić information content (AvgIpc) is 2.63. The molecule has 0 saturated carbocycles. The van der Waals surface area contributed by atoms with E-state index in [9.17, 15) is 22.0 Å². The van der Waals surface area contributed by atoms with Gasteiger partial charge in [0.15, 0.2) is 17.6 Å². The molecule has 152 valence electrons. The highest BCUT2D eigenvalue weighted by atomic mass is 19.4. The maximum Gasteiger partial charge on any atom is 0.403 e. The van der Waals surface area contributed by atoms with E-state index in [0.29, 0.717) is 25.6 Å². The SMILES string of the molecule is CN=C(NCCOc1ccc(F)c(F)c1)N1CCN(C(C)C(F)(F)F)CC1. The normalized spacial score (nSPS) is 17.7. The second kappa shape index (κ2) is 9.20. The van der Waals surface area contributed by atoms with Crippen molar-refractivity contribution in [2.45, 2.75) is 19.1 Å². The van der Waals surface area contributed by atoms with Crippen LogP contribution in [0.5, 0.6) is 5.75 Å². The maximum absolute atomic E-state index is 13.1. The number of piperazine rings is 1. The van der Waals surface area contributed by atoms with Gasteiger partial charge in [-0.1, -0.05) is 0 Å². The van der Waals surface area contributed by atoms with Gasteiger partial charge in [0, 0.05) is 39.3 Å². The first-order chi connectivity index (χ1) is 12.7. The summed E-state index contributed by atoms with van der Waals surface area (Å²) < 4.78 is 69.7. The van der Waals surface area contributed by atoms with Crippen molar-refractivity contribution >= 4 is 5.96 Å². The highest BCUT2D eigenvalue weighted by Gasteiger charge is 2.41. The van der Waals surface area contributed by atoms with Gasteiger partial charge in [-0.15, -0.1) is 0 Å². The lowest BCUT2D eigenvalue weighted by Gasteiger charge is -2.39. The Bertz CT molecular complexity index is 645. The summed E-state index contributed by atoms with van der Waals surface area (Å²) in [6.45, 7) is 3.12. The van der Waals surface area contributed by atoms with E-state index in [1.54, 1.807) is 7.05 Å². The first-order valence-corrected chi connectivity index (χ1v) is 8.56. The van der Waals surface area contributed by atoms with E-state index in [1.807, 2.05) is 4.90 Å². The van der Waals surface area contributed by atoms with Gasteiger partial charge in [0.2, 0.25) is 0 Å². The summed E-state index contributed by atoms with van der Waals surface area (Å²) in [5, 5.41) is 3.05. The number of nitrogens with zero attached hydrogens (tertiary/aromatic N) is 3. The van der Waals surface area contributed by atoms with Crippen LogP contribution in [0, 0.1) is 11.6 Å². The standard InChI is InChI=1S/C17H23F5N4O/c1-12(17(20,21)22)25-6-8-26(9-7-25)16(23-2)24-5-10-27-13-3-4-14(18)15(19)11-13/h3-4,11-12H,5-10H2,1-2H3,(H,23,24). The molecular formula is C17H23F5N4O. The summed E-state index contributed by atoms with van der Waals surface area (Å²) in [5.74, 6) is -1.16. The molecular weight excluding hydrogens is 371 g/mol. The first-order valence-electron chi connectivity index (χ1n) is 8.56. The third kappa shape index (κ3) is 5.95. The Balaban J connectivity index is 1.75. The van der Waals surface area contributed by atoms with Gasteiger partial charge in [0.05, 0.1) is 6.54 Å². The predicted octanol–water partition coefficient (Wildman–Crippen LogP) is 2.49. The Labute approximate surface area is 154 Å². The highest BCUT2D eigenvalue weighted by Crippen LogP contribution is 2.25.